The van der Waals surface area contributed by atoms with Crippen molar-refractivity contribution in [2.45, 2.75) is 25.8 Å². The van der Waals surface area contributed by atoms with Crippen molar-refractivity contribution < 1.29 is 9.90 Å². The minimum atomic E-state index is -0.356. The number of aliphatic hydroxyl groups excluding tert-OH is 1. The summed E-state index contributed by atoms with van der Waals surface area (Å²) in [5.41, 5.74) is 0. The molecule has 0 saturated heterocycles. The summed E-state index contributed by atoms with van der Waals surface area (Å²) in [6.45, 7) is 1.65. The molecule has 0 aliphatic carbocycles. The third-order valence-corrected chi connectivity index (χ3v) is 1.47. The molecule has 3 heteroatoms. The Morgan fingerprint density at radius 2 is 2.30 bits per heavy atom. The van der Waals surface area contributed by atoms with Crippen molar-refractivity contribution in [1.82, 2.24) is 5.32 Å². The lowest BCUT2D eigenvalue weighted by molar-refractivity contribution is -0.123. The zero-order valence-electron chi connectivity index (χ0n) is 6.55. The quantitative estimate of drug-likeness (QED) is 0.569. The van der Waals surface area contributed by atoms with Crippen molar-refractivity contribution in [2.75, 3.05) is 13.7 Å². The number of nitrogens with one attached hydrogen (secondary N) is 1. The summed E-state index contributed by atoms with van der Waals surface area (Å²) >= 11 is 0. The summed E-state index contributed by atoms with van der Waals surface area (Å²) in [6.07, 6.45) is 1.76. The summed E-state index contributed by atoms with van der Waals surface area (Å²) in [7, 11) is 1.73. The van der Waals surface area contributed by atoms with E-state index in [2.05, 4.69) is 5.32 Å². The first kappa shape index (κ1) is 9.59. The van der Waals surface area contributed by atoms with E-state index in [4.69, 9.17) is 5.11 Å². The molecule has 0 amide bonds. The van der Waals surface area contributed by atoms with Crippen LogP contribution in [0.5, 0.6) is 0 Å². The van der Waals surface area contributed by atoms with Gasteiger partial charge >= 0.3 is 0 Å². The highest BCUT2D eigenvalue weighted by atomic mass is 16.3. The smallest absolute Gasteiger partial charge is 0.174 e. The highest BCUT2D eigenvalue weighted by molar-refractivity contribution is 5.84. The van der Waals surface area contributed by atoms with Crippen LogP contribution in [0.3, 0.4) is 0 Å². The van der Waals surface area contributed by atoms with Gasteiger partial charge in [0.2, 0.25) is 0 Å². The molecule has 0 saturated carbocycles. The van der Waals surface area contributed by atoms with Gasteiger partial charge in [-0.3, -0.25) is 4.79 Å². The Morgan fingerprint density at radius 1 is 1.70 bits per heavy atom. The Labute approximate surface area is 61.4 Å². The zero-order chi connectivity index (χ0) is 7.98. The average Bonchev–Trinajstić information content (AvgIpc) is 1.99. The Balaban J connectivity index is 3.68. The molecule has 0 unspecified atom stereocenters. The zero-order valence-corrected chi connectivity index (χ0v) is 6.55. The average molecular weight is 145 g/mol. The second-order valence-corrected chi connectivity index (χ2v) is 2.25. The fourth-order valence-corrected chi connectivity index (χ4v) is 0.865. The maximum absolute atomic E-state index is 10.8. The van der Waals surface area contributed by atoms with Crippen LogP contribution in [0.25, 0.3) is 0 Å². The molecule has 0 aromatic heterocycles. The van der Waals surface area contributed by atoms with Crippen LogP contribution < -0.4 is 5.32 Å². The Kier molecular flexibility index (Phi) is 5.16. The van der Waals surface area contributed by atoms with Crippen LogP contribution in [0, 0.1) is 0 Å². The van der Waals surface area contributed by atoms with Crippen LogP contribution in [0.2, 0.25) is 0 Å². The molecule has 0 rings (SSSR count). The minimum Gasteiger partial charge on any atom is -0.389 e. The number of Topliss-reactive ketones (excluding diaryl/α,β-unsaturated/α-hetero) is 1. The van der Waals surface area contributed by atoms with E-state index >= 15 is 0 Å². The Hall–Kier alpha value is -0.410. The predicted octanol–water partition coefficient (Wildman–Crippen LogP) is -0.0641. The van der Waals surface area contributed by atoms with E-state index in [0.29, 0.717) is 0 Å². The molecule has 3 nitrogen and oxygen atoms in total. The van der Waals surface area contributed by atoms with Crippen LogP contribution in [0.4, 0.5) is 0 Å². The Morgan fingerprint density at radius 3 is 2.60 bits per heavy atom. The molecule has 0 aromatic rings. The number of hydrogen-bond acceptors (Lipinski definition) is 3. The van der Waals surface area contributed by atoms with Crippen LogP contribution in [0.1, 0.15) is 19.8 Å². The van der Waals surface area contributed by atoms with Gasteiger partial charge in [0.1, 0.15) is 6.61 Å². The molecule has 10 heavy (non-hydrogen) atoms. The number of rotatable bonds is 5. The fraction of sp³-hybridized carbons (Fsp3) is 0.857. The lowest BCUT2D eigenvalue weighted by Crippen LogP contribution is -2.35. The molecule has 0 aliphatic heterocycles. The van der Waals surface area contributed by atoms with E-state index in [-0.39, 0.29) is 18.4 Å². The number of likely N-dealkylation sites (N-methyl/N-ethyl adjacent to an activating group) is 1. The summed E-state index contributed by atoms with van der Waals surface area (Å²) < 4.78 is 0. The number of aliphatic hydroxyl groups is 1. The van der Waals surface area contributed by atoms with Crippen molar-refractivity contribution >= 4 is 5.78 Å². The predicted molar refractivity (Wildman–Crippen MR) is 39.8 cm³/mol. The molecular weight excluding hydrogens is 130 g/mol. The van der Waals surface area contributed by atoms with Gasteiger partial charge in [0.15, 0.2) is 5.78 Å². The molecule has 2 N–H and O–H groups in total. The second-order valence-electron chi connectivity index (χ2n) is 2.25. The van der Waals surface area contributed by atoms with Gasteiger partial charge in [-0.05, 0) is 13.5 Å². The second kappa shape index (κ2) is 5.38. The third kappa shape index (κ3) is 2.94. The van der Waals surface area contributed by atoms with E-state index < -0.39 is 0 Å². The molecule has 0 spiro atoms. The number of carbonyl (C=O) groups is 1. The van der Waals surface area contributed by atoms with Gasteiger partial charge < -0.3 is 10.4 Å². The van der Waals surface area contributed by atoms with E-state index in [0.717, 1.165) is 12.8 Å². The maximum Gasteiger partial charge on any atom is 0.174 e. The molecule has 0 fully saturated rings. The van der Waals surface area contributed by atoms with Crippen molar-refractivity contribution in [3.63, 3.8) is 0 Å². The molecule has 0 heterocycles. The van der Waals surface area contributed by atoms with Crippen molar-refractivity contribution in [2.24, 2.45) is 0 Å². The van der Waals surface area contributed by atoms with Gasteiger partial charge in [-0.25, -0.2) is 0 Å². The first-order chi connectivity index (χ1) is 4.76. The summed E-state index contributed by atoms with van der Waals surface area (Å²) in [5, 5.41) is 11.3. The molecule has 60 valence electrons. The highest BCUT2D eigenvalue weighted by Crippen LogP contribution is 1.96. The van der Waals surface area contributed by atoms with Crippen LogP contribution in [-0.4, -0.2) is 30.6 Å². The molecule has 0 bridgehead atoms. The largest absolute Gasteiger partial charge is 0.389 e. The van der Waals surface area contributed by atoms with E-state index in [1.807, 2.05) is 6.92 Å². The SMILES string of the molecule is CCC[C@H](NC)C(=O)CO. The maximum atomic E-state index is 10.8. The number of hydrogen-bond donors (Lipinski definition) is 2. The fourth-order valence-electron chi connectivity index (χ4n) is 0.865. The van der Waals surface area contributed by atoms with Crippen LogP contribution in [-0.2, 0) is 4.79 Å². The van der Waals surface area contributed by atoms with Gasteiger partial charge in [-0.15, -0.1) is 0 Å². The monoisotopic (exact) mass is 145 g/mol. The minimum absolute atomic E-state index is 0.121. The highest BCUT2D eigenvalue weighted by Gasteiger charge is 2.12. The normalized spacial score (nSPS) is 13.1. The molecule has 0 aliphatic rings. The van der Waals surface area contributed by atoms with Gasteiger partial charge in [0.05, 0.1) is 6.04 Å². The van der Waals surface area contributed by atoms with Crippen molar-refractivity contribution in [3.05, 3.63) is 0 Å². The van der Waals surface area contributed by atoms with Gasteiger partial charge in [0.25, 0.3) is 0 Å². The number of carbonyl (C=O) groups excluding carboxylic acids is 1. The van der Waals surface area contributed by atoms with Gasteiger partial charge in [-0.2, -0.15) is 0 Å². The van der Waals surface area contributed by atoms with Crippen molar-refractivity contribution in [1.29, 1.82) is 0 Å². The summed E-state index contributed by atoms with van der Waals surface area (Å²) in [6, 6.07) is -0.157. The molecule has 1 atom stereocenters. The van der Waals surface area contributed by atoms with E-state index in [1.54, 1.807) is 7.05 Å². The summed E-state index contributed by atoms with van der Waals surface area (Å²) in [4.78, 5) is 10.8. The lowest BCUT2D eigenvalue weighted by Gasteiger charge is -2.11. The molecule has 0 radical (unpaired) electrons. The first-order valence-corrected chi connectivity index (χ1v) is 3.57. The van der Waals surface area contributed by atoms with Crippen LogP contribution in [0.15, 0.2) is 0 Å². The number of ketones is 1. The third-order valence-electron chi connectivity index (χ3n) is 1.47. The topological polar surface area (TPSA) is 49.3 Å². The molecular formula is C7H15NO2. The lowest BCUT2D eigenvalue weighted by atomic mass is 10.1. The Bertz CT molecular complexity index is 104. The molecule has 0 aromatic carbocycles. The summed E-state index contributed by atoms with van der Waals surface area (Å²) in [5.74, 6) is -0.121. The first-order valence-electron chi connectivity index (χ1n) is 3.57. The van der Waals surface area contributed by atoms with Crippen molar-refractivity contribution in [3.8, 4) is 0 Å². The van der Waals surface area contributed by atoms with Crippen LogP contribution >= 0.6 is 0 Å². The standard InChI is InChI=1S/C7H15NO2/c1-3-4-6(8-2)7(10)5-9/h6,8-9H,3-5H2,1-2H3/t6-/m0/s1. The van der Waals surface area contributed by atoms with Gasteiger partial charge in [0, 0.05) is 0 Å². The van der Waals surface area contributed by atoms with E-state index in [1.165, 1.54) is 0 Å². The van der Waals surface area contributed by atoms with Gasteiger partial charge in [-0.1, -0.05) is 13.3 Å². The van der Waals surface area contributed by atoms with E-state index in [9.17, 15) is 4.79 Å².